The number of hydrogen-bond donors (Lipinski definition) is 1. The molecule has 17 heavy (non-hydrogen) atoms. The summed E-state index contributed by atoms with van der Waals surface area (Å²) in [6.45, 7) is 5.06. The fourth-order valence-corrected chi connectivity index (χ4v) is 2.16. The zero-order valence-electron chi connectivity index (χ0n) is 10.0. The van der Waals surface area contributed by atoms with E-state index < -0.39 is 20.6 Å². The maximum Gasteiger partial charge on any atom is 0.356 e. The molecule has 0 aliphatic rings. The standard InChI is InChI=1S/C10H16N2O4S/c1-10(2,3)17(15,16)7-6-12-5-4-8(11-12)9(13)14/h4-5H,6-7H2,1-3H3,(H,13,14). The molecule has 0 unspecified atom stereocenters. The lowest BCUT2D eigenvalue weighted by molar-refractivity contribution is 0.0689. The van der Waals surface area contributed by atoms with Gasteiger partial charge in [0.1, 0.15) is 0 Å². The minimum Gasteiger partial charge on any atom is -0.476 e. The average Bonchev–Trinajstić information content (AvgIpc) is 2.61. The number of aromatic nitrogens is 2. The first-order valence-electron chi connectivity index (χ1n) is 5.12. The van der Waals surface area contributed by atoms with Crippen LogP contribution in [0.3, 0.4) is 0 Å². The Morgan fingerprint density at radius 2 is 2.06 bits per heavy atom. The molecule has 0 fully saturated rings. The van der Waals surface area contributed by atoms with Crippen molar-refractivity contribution in [2.24, 2.45) is 0 Å². The Bertz CT molecular complexity index is 511. The number of nitrogens with zero attached hydrogens (tertiary/aromatic N) is 2. The van der Waals surface area contributed by atoms with Gasteiger partial charge < -0.3 is 5.11 Å². The van der Waals surface area contributed by atoms with Gasteiger partial charge in [0.05, 0.1) is 17.0 Å². The molecule has 96 valence electrons. The molecule has 0 aliphatic heterocycles. The minimum absolute atomic E-state index is 0.0583. The van der Waals surface area contributed by atoms with Crippen LogP contribution in [-0.4, -0.2) is 39.8 Å². The fraction of sp³-hybridized carbons (Fsp3) is 0.600. The summed E-state index contributed by atoms with van der Waals surface area (Å²) < 4.78 is 24.1. The van der Waals surface area contributed by atoms with Gasteiger partial charge in [0.15, 0.2) is 15.5 Å². The Balaban J connectivity index is 2.71. The zero-order valence-corrected chi connectivity index (χ0v) is 10.9. The van der Waals surface area contributed by atoms with Crippen LogP contribution in [-0.2, 0) is 16.4 Å². The molecule has 7 heteroatoms. The average molecular weight is 260 g/mol. The first-order chi connectivity index (χ1) is 7.63. The van der Waals surface area contributed by atoms with Crippen molar-refractivity contribution >= 4 is 15.8 Å². The first kappa shape index (κ1) is 13.7. The van der Waals surface area contributed by atoms with Crippen LogP contribution in [0.2, 0.25) is 0 Å². The summed E-state index contributed by atoms with van der Waals surface area (Å²) in [5, 5.41) is 12.4. The number of rotatable bonds is 4. The number of sulfone groups is 1. The molecule has 0 amide bonds. The van der Waals surface area contributed by atoms with Gasteiger partial charge in [0, 0.05) is 6.20 Å². The van der Waals surface area contributed by atoms with Gasteiger partial charge in [-0.1, -0.05) is 0 Å². The van der Waals surface area contributed by atoms with Crippen molar-refractivity contribution in [1.29, 1.82) is 0 Å². The molecule has 0 aromatic carbocycles. The van der Waals surface area contributed by atoms with Gasteiger partial charge >= 0.3 is 5.97 Å². The topological polar surface area (TPSA) is 89.3 Å². The van der Waals surface area contributed by atoms with Crippen LogP contribution >= 0.6 is 0 Å². The highest BCUT2D eigenvalue weighted by Gasteiger charge is 2.28. The van der Waals surface area contributed by atoms with E-state index in [1.54, 1.807) is 20.8 Å². The Kier molecular flexibility index (Phi) is 3.61. The predicted octanol–water partition coefficient (Wildman–Crippen LogP) is 0.795. The lowest BCUT2D eigenvalue weighted by Crippen LogP contribution is -2.32. The predicted molar refractivity (Wildman–Crippen MR) is 62.7 cm³/mol. The molecule has 0 bridgehead atoms. The van der Waals surface area contributed by atoms with E-state index in [9.17, 15) is 13.2 Å². The van der Waals surface area contributed by atoms with Crippen molar-refractivity contribution in [2.75, 3.05) is 5.75 Å². The number of aryl methyl sites for hydroxylation is 1. The second-order valence-corrected chi connectivity index (χ2v) is 7.56. The molecule has 0 atom stereocenters. The Morgan fingerprint density at radius 3 is 2.47 bits per heavy atom. The van der Waals surface area contributed by atoms with Crippen molar-refractivity contribution in [3.05, 3.63) is 18.0 Å². The minimum atomic E-state index is -3.22. The van der Waals surface area contributed by atoms with Crippen molar-refractivity contribution in [1.82, 2.24) is 9.78 Å². The van der Waals surface area contributed by atoms with E-state index in [1.165, 1.54) is 16.9 Å². The molecular weight excluding hydrogens is 244 g/mol. The molecule has 0 saturated heterocycles. The molecule has 0 radical (unpaired) electrons. The van der Waals surface area contributed by atoms with E-state index in [0.29, 0.717) is 0 Å². The van der Waals surface area contributed by atoms with Gasteiger partial charge in [-0.15, -0.1) is 0 Å². The van der Waals surface area contributed by atoms with Crippen LogP contribution in [0.25, 0.3) is 0 Å². The number of aromatic carboxylic acids is 1. The molecule has 0 saturated carbocycles. The van der Waals surface area contributed by atoms with Gasteiger partial charge in [-0.25, -0.2) is 13.2 Å². The summed E-state index contributed by atoms with van der Waals surface area (Å²) in [6.07, 6.45) is 1.46. The number of carboxylic acids is 1. The largest absolute Gasteiger partial charge is 0.476 e. The Hall–Kier alpha value is -1.37. The van der Waals surface area contributed by atoms with Gasteiger partial charge in [0.25, 0.3) is 0 Å². The molecule has 1 aromatic heterocycles. The number of carboxylic acid groups (broad SMARTS) is 1. The molecule has 1 N–H and O–H groups in total. The zero-order chi connectivity index (χ0) is 13.3. The van der Waals surface area contributed by atoms with Gasteiger partial charge in [-0.05, 0) is 26.8 Å². The molecule has 1 heterocycles. The highest BCUT2D eigenvalue weighted by molar-refractivity contribution is 7.92. The molecule has 0 spiro atoms. The van der Waals surface area contributed by atoms with E-state index in [0.717, 1.165) is 0 Å². The summed E-state index contributed by atoms with van der Waals surface area (Å²) in [5.74, 6) is -1.18. The van der Waals surface area contributed by atoms with E-state index in [1.807, 2.05) is 0 Å². The van der Waals surface area contributed by atoms with E-state index in [-0.39, 0.29) is 18.0 Å². The van der Waals surface area contributed by atoms with Crippen molar-refractivity contribution in [2.45, 2.75) is 32.1 Å². The summed E-state index contributed by atoms with van der Waals surface area (Å²) in [6, 6.07) is 1.34. The highest BCUT2D eigenvalue weighted by atomic mass is 32.2. The molecule has 1 rings (SSSR count). The fourth-order valence-electron chi connectivity index (χ4n) is 1.12. The van der Waals surface area contributed by atoms with Crippen LogP contribution in [0.1, 0.15) is 31.3 Å². The summed E-state index contributed by atoms with van der Waals surface area (Å²) in [4.78, 5) is 10.6. The molecular formula is C10H16N2O4S. The van der Waals surface area contributed by atoms with Gasteiger partial charge in [-0.3, -0.25) is 4.68 Å². The lowest BCUT2D eigenvalue weighted by Gasteiger charge is -2.18. The van der Waals surface area contributed by atoms with Crippen LogP contribution in [0.5, 0.6) is 0 Å². The SMILES string of the molecule is CC(C)(C)S(=O)(=O)CCn1ccc(C(=O)O)n1. The molecule has 1 aromatic rings. The maximum absolute atomic E-state index is 11.8. The smallest absolute Gasteiger partial charge is 0.356 e. The second-order valence-electron chi connectivity index (χ2n) is 4.70. The normalized spacial score (nSPS) is 12.6. The first-order valence-corrected chi connectivity index (χ1v) is 6.78. The second kappa shape index (κ2) is 4.48. The summed E-state index contributed by atoms with van der Waals surface area (Å²) in [7, 11) is -3.22. The van der Waals surface area contributed by atoms with Crippen LogP contribution in [0, 0.1) is 0 Å². The third-order valence-corrected chi connectivity index (χ3v) is 4.97. The van der Waals surface area contributed by atoms with E-state index in [2.05, 4.69) is 5.10 Å². The number of hydrogen-bond acceptors (Lipinski definition) is 4. The van der Waals surface area contributed by atoms with Crippen molar-refractivity contribution in [3.63, 3.8) is 0 Å². The van der Waals surface area contributed by atoms with E-state index >= 15 is 0 Å². The van der Waals surface area contributed by atoms with Crippen LogP contribution < -0.4 is 0 Å². The summed E-state index contributed by atoms with van der Waals surface area (Å²) in [5.41, 5.74) is -0.0850. The van der Waals surface area contributed by atoms with Crippen molar-refractivity contribution in [3.8, 4) is 0 Å². The van der Waals surface area contributed by atoms with Crippen LogP contribution in [0.15, 0.2) is 12.3 Å². The Labute approximate surface area is 100 Å². The van der Waals surface area contributed by atoms with Gasteiger partial charge in [-0.2, -0.15) is 5.10 Å². The third-order valence-electron chi connectivity index (χ3n) is 2.38. The Morgan fingerprint density at radius 1 is 1.47 bits per heavy atom. The highest BCUT2D eigenvalue weighted by Crippen LogP contribution is 2.16. The molecule has 0 aliphatic carbocycles. The monoisotopic (exact) mass is 260 g/mol. The number of carbonyl (C=O) groups is 1. The van der Waals surface area contributed by atoms with Crippen molar-refractivity contribution < 1.29 is 18.3 Å². The van der Waals surface area contributed by atoms with Crippen LogP contribution in [0.4, 0.5) is 0 Å². The lowest BCUT2D eigenvalue weighted by atomic mass is 10.3. The maximum atomic E-state index is 11.8. The quantitative estimate of drug-likeness (QED) is 0.864. The summed E-state index contributed by atoms with van der Waals surface area (Å²) >= 11 is 0. The third kappa shape index (κ3) is 3.29. The van der Waals surface area contributed by atoms with Gasteiger partial charge in [0.2, 0.25) is 0 Å². The molecule has 6 nitrogen and oxygen atoms in total. The van der Waals surface area contributed by atoms with E-state index in [4.69, 9.17) is 5.11 Å².